The van der Waals surface area contributed by atoms with Crippen molar-refractivity contribution in [3.63, 3.8) is 0 Å². The lowest BCUT2D eigenvalue weighted by atomic mass is 9.72. The molecule has 5 amide bonds. The minimum atomic E-state index is -2.29. The molecule has 5 aliphatic rings. The maximum absolute atomic E-state index is 15.8. The molecule has 5 heterocycles. The standard InChI is InChI=1S/C59H64BCl2N5O16/c1-8-28(15-26(2)3)56(73)65-50-39(68)21-33(24-47(63)70)57(74)64-49-32-22-45(82-42-13-10-30(52(50)71)19-37(42)61)54(81-7)46(23-32)83-43-14-11-31(20-38(43)62)53(72)51-59(76)67-55(60(77)78)36-16-27(4)17-44(80-6)48(36)35-18-29(9-12-41(35)79-5)34(25-40(49)69)58(75)66-51/h9-14,16-20,22-23,26,28,33-34,49-53,55,71-72,77-78H,8,15,21,24-25H2,1-7H3,(H2,63,70)(H,64,74)(H,65,73)(H,66,75)(H,67,76)/t28-,33-,34+,49+,50-,51-,52+,53+,55+/m0/s1. The number of nitrogens with one attached hydrogen (secondary N) is 4. The molecule has 5 aliphatic heterocycles. The number of methoxy groups -OCH3 is 3. The van der Waals surface area contributed by atoms with Gasteiger partial charge in [0.15, 0.2) is 23.1 Å². The van der Waals surface area contributed by atoms with Gasteiger partial charge in [-0.1, -0.05) is 68.2 Å². The first kappa shape index (κ1) is 61.3. The molecule has 24 heteroatoms. The van der Waals surface area contributed by atoms with Crippen LogP contribution in [0.2, 0.25) is 10.0 Å². The van der Waals surface area contributed by atoms with Crippen molar-refractivity contribution in [1.29, 1.82) is 0 Å². The number of hydrogen-bond donors (Lipinski definition) is 9. The van der Waals surface area contributed by atoms with Crippen molar-refractivity contribution < 1.29 is 77.5 Å². The maximum Gasteiger partial charge on any atom is 0.480 e. The number of hydrogen-bond acceptors (Lipinski definition) is 16. The smallest absolute Gasteiger partial charge is 0.480 e. The van der Waals surface area contributed by atoms with E-state index in [0.717, 1.165) is 0 Å². The van der Waals surface area contributed by atoms with Crippen LogP contribution in [0, 0.1) is 24.7 Å². The minimum Gasteiger partial charge on any atom is -0.496 e. The molecule has 5 aromatic rings. The lowest BCUT2D eigenvalue weighted by Gasteiger charge is -2.31. The van der Waals surface area contributed by atoms with Gasteiger partial charge < -0.3 is 70.9 Å². The summed E-state index contributed by atoms with van der Waals surface area (Å²) in [5.41, 5.74) is 6.88. The number of benzene rings is 5. The number of aliphatic hydroxyl groups excluding tert-OH is 2. The summed E-state index contributed by atoms with van der Waals surface area (Å²) in [5.74, 6) is -12.3. The number of primary amides is 1. The van der Waals surface area contributed by atoms with Crippen LogP contribution in [0.15, 0.2) is 78.9 Å². The Bertz CT molecular complexity index is 3380. The Morgan fingerprint density at radius 2 is 1.34 bits per heavy atom. The van der Waals surface area contributed by atoms with Gasteiger partial charge in [0, 0.05) is 36.3 Å². The Balaban J connectivity index is 1.39. The lowest BCUT2D eigenvalue weighted by Crippen LogP contribution is -2.54. The molecule has 438 valence electrons. The van der Waals surface area contributed by atoms with Crippen molar-refractivity contribution in [2.24, 2.45) is 23.5 Å². The summed E-state index contributed by atoms with van der Waals surface area (Å²) in [5, 5.41) is 56.7. The molecule has 0 unspecified atom stereocenters. The normalized spacial score (nSPS) is 22.2. The Kier molecular flexibility index (Phi) is 19.1. The third kappa shape index (κ3) is 13.2. The van der Waals surface area contributed by atoms with E-state index in [4.69, 9.17) is 52.6 Å². The number of rotatable bonds is 11. The van der Waals surface area contributed by atoms with Gasteiger partial charge in [-0.15, -0.1) is 0 Å². The molecule has 21 nitrogen and oxygen atoms in total. The number of carbonyl (C=O) groups excluding carboxylic acids is 7. The Morgan fingerprint density at radius 1 is 0.723 bits per heavy atom. The highest BCUT2D eigenvalue weighted by Gasteiger charge is 2.42. The molecule has 83 heavy (non-hydrogen) atoms. The number of ether oxygens (including phenoxy) is 5. The summed E-state index contributed by atoms with van der Waals surface area (Å²) in [7, 11) is 1.73. The second-order valence-electron chi connectivity index (χ2n) is 21.2. The number of halogens is 2. The van der Waals surface area contributed by atoms with Crippen LogP contribution in [0.25, 0.3) is 11.1 Å². The van der Waals surface area contributed by atoms with E-state index in [-0.39, 0.29) is 95.2 Å². The van der Waals surface area contributed by atoms with E-state index in [9.17, 15) is 39.4 Å². The van der Waals surface area contributed by atoms with Crippen LogP contribution >= 0.6 is 23.2 Å². The van der Waals surface area contributed by atoms with Crippen LogP contribution in [0.1, 0.15) is 116 Å². The zero-order valence-electron chi connectivity index (χ0n) is 46.4. The first-order valence-electron chi connectivity index (χ1n) is 26.8. The van der Waals surface area contributed by atoms with E-state index >= 15 is 14.4 Å². The fourth-order valence-corrected chi connectivity index (χ4v) is 11.3. The van der Waals surface area contributed by atoms with E-state index in [1.807, 2.05) is 13.8 Å². The third-order valence-electron chi connectivity index (χ3n) is 15.0. The van der Waals surface area contributed by atoms with Gasteiger partial charge in [-0.2, -0.15) is 0 Å². The predicted molar refractivity (Wildman–Crippen MR) is 304 cm³/mol. The summed E-state index contributed by atoms with van der Waals surface area (Å²) < 4.78 is 30.5. The molecule has 0 aromatic heterocycles. The SMILES string of the molecule is CC[C@@H](CC(C)C)C(=O)N[C@H]1C(=O)C[C@@H](CC(N)=O)C(=O)N[C@H]2C(=O)C[C@H]3C(=O)N[C@H](C(=O)N[C@@H](B(O)O)c4cc(C)cc(OC)c4-c4cc3ccc4OC)[C@H](O)c3ccc(c(Cl)c3)Oc3cc2cc(c3OC)Oc2ccc(cc2Cl)[C@H]1O. The van der Waals surface area contributed by atoms with Crippen molar-refractivity contribution in [2.45, 2.75) is 102 Å². The molecule has 0 fully saturated rings. The molecule has 0 saturated carbocycles. The molecule has 9 atom stereocenters. The number of fused-ring (bicyclic) bond motifs is 15. The van der Waals surface area contributed by atoms with Crippen molar-refractivity contribution in [1.82, 2.24) is 21.3 Å². The Morgan fingerprint density at radius 3 is 1.89 bits per heavy atom. The molecule has 0 saturated heterocycles. The lowest BCUT2D eigenvalue weighted by molar-refractivity contribution is -0.137. The van der Waals surface area contributed by atoms with E-state index in [1.165, 1.54) is 88.1 Å². The molecular formula is C59H64BCl2N5O16. The van der Waals surface area contributed by atoms with E-state index in [2.05, 4.69) is 21.3 Å². The molecule has 0 spiro atoms. The molecule has 11 bridgehead atoms. The average molecular weight is 1180 g/mol. The number of aryl methyl sites for hydroxylation is 1. The molecule has 0 radical (unpaired) electrons. The largest absolute Gasteiger partial charge is 0.496 e. The van der Waals surface area contributed by atoms with Gasteiger partial charge in [-0.3, -0.25) is 33.6 Å². The summed E-state index contributed by atoms with van der Waals surface area (Å²) in [6.07, 6.45) is -5.30. The van der Waals surface area contributed by atoms with Crippen molar-refractivity contribution >= 4 is 71.4 Å². The summed E-state index contributed by atoms with van der Waals surface area (Å²) >= 11 is 13.8. The summed E-state index contributed by atoms with van der Waals surface area (Å²) in [6.45, 7) is 7.36. The topological polar surface area (TPSA) is 321 Å². The highest BCUT2D eigenvalue weighted by molar-refractivity contribution is 6.44. The van der Waals surface area contributed by atoms with Crippen LogP contribution < -0.4 is 50.7 Å². The average Bonchev–Trinajstić information content (AvgIpc) is 2.88. The Hall–Kier alpha value is -7.73. The predicted octanol–water partition coefficient (Wildman–Crippen LogP) is 6.25. The van der Waals surface area contributed by atoms with Crippen molar-refractivity contribution in [3.8, 4) is 51.4 Å². The number of Topliss-reactive ketones (excluding diaryl/α,β-unsaturated/α-hetero) is 2. The van der Waals surface area contributed by atoms with Crippen molar-refractivity contribution in [2.75, 3.05) is 21.3 Å². The van der Waals surface area contributed by atoms with Crippen LogP contribution in [-0.4, -0.2) is 102 Å². The molecule has 0 aliphatic carbocycles. The molecule has 10 rings (SSSR count). The molecule has 5 aromatic carbocycles. The second kappa shape index (κ2) is 25.8. The van der Waals surface area contributed by atoms with Gasteiger partial charge >= 0.3 is 7.12 Å². The van der Waals surface area contributed by atoms with Crippen LogP contribution in [0.3, 0.4) is 0 Å². The van der Waals surface area contributed by atoms with Gasteiger partial charge in [0.05, 0.1) is 49.2 Å². The van der Waals surface area contributed by atoms with Gasteiger partial charge in [-0.25, -0.2) is 0 Å². The second-order valence-corrected chi connectivity index (χ2v) is 22.0. The zero-order valence-corrected chi connectivity index (χ0v) is 47.9. The minimum absolute atomic E-state index is 0.0294. The van der Waals surface area contributed by atoms with Crippen LogP contribution in [-0.2, 0) is 33.6 Å². The van der Waals surface area contributed by atoms with Gasteiger partial charge in [-0.05, 0) is 114 Å². The highest BCUT2D eigenvalue weighted by Crippen LogP contribution is 2.49. The summed E-state index contributed by atoms with van der Waals surface area (Å²) in [4.78, 5) is 103. The first-order valence-corrected chi connectivity index (χ1v) is 27.5. The van der Waals surface area contributed by atoms with E-state index in [0.29, 0.717) is 18.4 Å². The highest BCUT2D eigenvalue weighted by atomic mass is 35.5. The quantitative estimate of drug-likeness (QED) is 0.0660. The monoisotopic (exact) mass is 1180 g/mol. The number of aliphatic hydroxyl groups is 2. The third-order valence-corrected chi connectivity index (χ3v) is 15.6. The summed E-state index contributed by atoms with van der Waals surface area (Å²) in [6, 6.07) is 12.9. The fraction of sp³-hybridized carbons (Fsp3) is 0.373. The van der Waals surface area contributed by atoms with Crippen LogP contribution in [0.4, 0.5) is 0 Å². The Labute approximate surface area is 488 Å². The number of amides is 5. The number of nitrogens with two attached hydrogens (primary N) is 1. The molecule has 10 N–H and O–H groups in total. The van der Waals surface area contributed by atoms with Gasteiger partial charge in [0.1, 0.15) is 53.3 Å². The number of ketones is 2. The van der Waals surface area contributed by atoms with E-state index < -0.39 is 122 Å². The van der Waals surface area contributed by atoms with E-state index in [1.54, 1.807) is 26.0 Å². The number of carbonyl (C=O) groups is 7. The van der Waals surface area contributed by atoms with Crippen molar-refractivity contribution in [3.05, 3.63) is 122 Å². The van der Waals surface area contributed by atoms with Crippen LogP contribution in [0.5, 0.6) is 40.2 Å². The van der Waals surface area contributed by atoms with Gasteiger partial charge in [0.2, 0.25) is 35.3 Å². The fourth-order valence-electron chi connectivity index (χ4n) is 10.8. The first-order chi connectivity index (χ1) is 39.4. The zero-order chi connectivity index (χ0) is 60.3. The molecular weight excluding hydrogens is 1120 g/mol. The van der Waals surface area contributed by atoms with Gasteiger partial charge in [0.25, 0.3) is 0 Å². The maximum atomic E-state index is 15.8.